The van der Waals surface area contributed by atoms with Gasteiger partial charge < -0.3 is 0 Å². The molecule has 0 aromatic heterocycles. The van der Waals surface area contributed by atoms with Gasteiger partial charge in [0.25, 0.3) is 0 Å². The first-order valence-electron chi connectivity index (χ1n) is 4.35. The molecule has 0 spiro atoms. The molecule has 66 valence electrons. The smallest absolute Gasteiger partial charge is 0.160 e. The quantitative estimate of drug-likeness (QED) is 0.529. The second-order valence-electron chi connectivity index (χ2n) is 4.48. The molecule has 1 nitrogen and oxygen atoms in total. The van der Waals surface area contributed by atoms with E-state index in [0.29, 0.717) is 22.3 Å². The number of ketones is 1. The lowest BCUT2D eigenvalue weighted by Gasteiger charge is -2.09. The largest absolute Gasteiger partial charge is 0.294 e. The molecule has 0 aromatic carbocycles. The van der Waals surface area contributed by atoms with Gasteiger partial charge in [-0.3, -0.25) is 4.79 Å². The Labute approximate surface area is 77.8 Å². The third-order valence-corrected chi connectivity index (χ3v) is 3.64. The Kier molecular flexibility index (Phi) is 1.48. The predicted molar refractivity (Wildman–Crippen MR) is 48.9 cm³/mol. The van der Waals surface area contributed by atoms with Crippen LogP contribution in [0.2, 0.25) is 0 Å². The number of allylic oxidation sites excluding steroid dienone is 2. The van der Waals surface area contributed by atoms with E-state index in [4.69, 9.17) is 11.6 Å². The number of Topliss-reactive ketones (excluding diaryl/α,β-unsaturated/α-hetero) is 1. The molecule has 0 amide bonds. The fraction of sp³-hybridized carbons (Fsp3) is 0.700. The van der Waals surface area contributed by atoms with Crippen LogP contribution in [0.4, 0.5) is 0 Å². The zero-order chi connectivity index (χ0) is 9.09. The van der Waals surface area contributed by atoms with Crippen molar-refractivity contribution in [1.82, 2.24) is 0 Å². The van der Waals surface area contributed by atoms with Crippen LogP contribution >= 0.6 is 11.6 Å². The van der Waals surface area contributed by atoms with E-state index in [0.717, 1.165) is 12.0 Å². The van der Waals surface area contributed by atoms with Crippen LogP contribution in [-0.2, 0) is 4.79 Å². The lowest BCUT2D eigenvalue weighted by atomic mass is 9.96. The van der Waals surface area contributed by atoms with Gasteiger partial charge in [0.15, 0.2) is 5.78 Å². The third kappa shape index (κ3) is 0.832. The van der Waals surface area contributed by atoms with Crippen LogP contribution in [0.5, 0.6) is 0 Å². The van der Waals surface area contributed by atoms with Gasteiger partial charge in [0.2, 0.25) is 0 Å². The monoisotopic (exact) mass is 184 g/mol. The van der Waals surface area contributed by atoms with Gasteiger partial charge in [-0.15, -0.1) is 0 Å². The van der Waals surface area contributed by atoms with Crippen molar-refractivity contribution in [2.45, 2.75) is 27.2 Å². The average molecular weight is 185 g/mol. The van der Waals surface area contributed by atoms with Crippen LogP contribution in [0.3, 0.4) is 0 Å². The zero-order valence-electron chi connectivity index (χ0n) is 7.65. The molecule has 0 heterocycles. The maximum Gasteiger partial charge on any atom is 0.160 e. The van der Waals surface area contributed by atoms with Gasteiger partial charge in [0.05, 0.1) is 0 Å². The molecule has 2 fully saturated rings. The standard InChI is InChI=1S/C10H13ClO/c1-5(11)8-7(12)4-6-9(8)10(6,2)3/h6,9H,4H2,1-3H3/b8-5-. The van der Waals surface area contributed by atoms with Crippen molar-refractivity contribution in [3.8, 4) is 0 Å². The van der Waals surface area contributed by atoms with Crippen LogP contribution in [-0.4, -0.2) is 5.78 Å². The molecular weight excluding hydrogens is 172 g/mol. The zero-order valence-corrected chi connectivity index (χ0v) is 8.40. The molecule has 0 bridgehead atoms. The van der Waals surface area contributed by atoms with Crippen molar-refractivity contribution >= 4 is 17.4 Å². The van der Waals surface area contributed by atoms with Gasteiger partial charge in [0, 0.05) is 17.0 Å². The summed E-state index contributed by atoms with van der Waals surface area (Å²) in [5, 5.41) is 0.707. The summed E-state index contributed by atoms with van der Waals surface area (Å²) in [6, 6.07) is 0. The molecule has 2 aliphatic carbocycles. The van der Waals surface area contributed by atoms with E-state index in [1.807, 2.05) is 6.92 Å². The van der Waals surface area contributed by atoms with Crippen molar-refractivity contribution in [3.63, 3.8) is 0 Å². The number of hydrogen-bond acceptors (Lipinski definition) is 1. The lowest BCUT2D eigenvalue weighted by Crippen LogP contribution is -2.08. The topological polar surface area (TPSA) is 17.1 Å². The van der Waals surface area contributed by atoms with Gasteiger partial charge in [0.1, 0.15) is 0 Å². The maximum absolute atomic E-state index is 11.4. The molecule has 0 aliphatic heterocycles. The van der Waals surface area contributed by atoms with Crippen LogP contribution in [0.25, 0.3) is 0 Å². The molecule has 2 unspecified atom stereocenters. The Morgan fingerprint density at radius 3 is 2.50 bits per heavy atom. The summed E-state index contributed by atoms with van der Waals surface area (Å²) < 4.78 is 0. The summed E-state index contributed by atoms with van der Waals surface area (Å²) in [7, 11) is 0. The minimum atomic E-state index is 0.275. The summed E-state index contributed by atoms with van der Waals surface area (Å²) in [5.41, 5.74) is 1.24. The minimum Gasteiger partial charge on any atom is -0.294 e. The minimum absolute atomic E-state index is 0.275. The second-order valence-corrected chi connectivity index (χ2v) is 5.05. The number of fused-ring (bicyclic) bond motifs is 1. The highest BCUT2D eigenvalue weighted by Gasteiger charge is 2.65. The SMILES string of the molecule is C/C(Cl)=C1\C(=O)CC2C1C2(C)C. The van der Waals surface area contributed by atoms with Gasteiger partial charge in [-0.2, -0.15) is 0 Å². The summed E-state index contributed by atoms with van der Waals surface area (Å²) in [6.07, 6.45) is 0.719. The number of carbonyl (C=O) groups is 1. The lowest BCUT2D eigenvalue weighted by molar-refractivity contribution is -0.115. The van der Waals surface area contributed by atoms with E-state index in [-0.39, 0.29) is 5.78 Å². The number of halogens is 1. The number of carbonyl (C=O) groups excluding carboxylic acids is 1. The first kappa shape index (κ1) is 8.31. The van der Waals surface area contributed by atoms with E-state index in [1.165, 1.54) is 0 Å². The Hall–Kier alpha value is -0.300. The molecule has 2 rings (SSSR count). The Morgan fingerprint density at radius 1 is 1.58 bits per heavy atom. The molecule has 0 aromatic rings. The van der Waals surface area contributed by atoms with Gasteiger partial charge >= 0.3 is 0 Å². The van der Waals surface area contributed by atoms with Crippen LogP contribution in [0, 0.1) is 17.3 Å². The van der Waals surface area contributed by atoms with E-state index >= 15 is 0 Å². The van der Waals surface area contributed by atoms with Crippen LogP contribution < -0.4 is 0 Å². The fourth-order valence-corrected chi connectivity index (χ4v) is 2.81. The van der Waals surface area contributed by atoms with Crippen LogP contribution in [0.15, 0.2) is 10.6 Å². The summed E-state index contributed by atoms with van der Waals surface area (Å²) in [4.78, 5) is 11.4. The molecule has 0 saturated heterocycles. The summed E-state index contributed by atoms with van der Waals surface area (Å²) in [5.74, 6) is 1.31. The first-order valence-corrected chi connectivity index (χ1v) is 4.73. The van der Waals surface area contributed by atoms with E-state index in [1.54, 1.807) is 0 Å². The number of hydrogen-bond donors (Lipinski definition) is 0. The van der Waals surface area contributed by atoms with Gasteiger partial charge in [-0.1, -0.05) is 25.4 Å². The average Bonchev–Trinajstić information content (AvgIpc) is 2.40. The fourth-order valence-electron chi connectivity index (χ4n) is 2.59. The van der Waals surface area contributed by atoms with Crippen molar-refractivity contribution in [2.24, 2.45) is 17.3 Å². The molecule has 2 aliphatic rings. The second kappa shape index (κ2) is 2.14. The third-order valence-electron chi connectivity index (χ3n) is 3.44. The van der Waals surface area contributed by atoms with Crippen molar-refractivity contribution in [2.75, 3.05) is 0 Å². The number of rotatable bonds is 0. The van der Waals surface area contributed by atoms with Crippen molar-refractivity contribution in [3.05, 3.63) is 10.6 Å². The normalized spacial score (nSPS) is 41.2. The van der Waals surface area contributed by atoms with E-state index in [9.17, 15) is 4.79 Å². The molecule has 0 N–H and O–H groups in total. The van der Waals surface area contributed by atoms with Crippen molar-refractivity contribution < 1.29 is 4.79 Å². The Bertz CT molecular complexity index is 284. The van der Waals surface area contributed by atoms with Crippen molar-refractivity contribution in [1.29, 1.82) is 0 Å². The Morgan fingerprint density at radius 2 is 2.17 bits per heavy atom. The summed E-state index contributed by atoms with van der Waals surface area (Å²) >= 11 is 5.89. The predicted octanol–water partition coefficient (Wildman–Crippen LogP) is 2.74. The van der Waals surface area contributed by atoms with E-state index in [2.05, 4.69) is 13.8 Å². The molecule has 2 atom stereocenters. The highest BCUT2D eigenvalue weighted by Crippen LogP contribution is 2.68. The first-order chi connectivity index (χ1) is 5.46. The highest BCUT2D eigenvalue weighted by molar-refractivity contribution is 6.32. The van der Waals surface area contributed by atoms with Gasteiger partial charge in [-0.25, -0.2) is 0 Å². The molecule has 2 saturated carbocycles. The molecule has 2 heteroatoms. The summed E-state index contributed by atoms with van der Waals surface area (Å²) in [6.45, 7) is 6.26. The van der Waals surface area contributed by atoms with Gasteiger partial charge in [-0.05, 0) is 24.2 Å². The molecule has 0 radical (unpaired) electrons. The highest BCUT2D eigenvalue weighted by atomic mass is 35.5. The maximum atomic E-state index is 11.4. The molecule has 12 heavy (non-hydrogen) atoms. The Balaban J connectivity index is 2.37. The molecular formula is C10H13ClO. The van der Waals surface area contributed by atoms with E-state index < -0.39 is 0 Å². The van der Waals surface area contributed by atoms with Crippen LogP contribution in [0.1, 0.15) is 27.2 Å².